The number of nitrogens with zero attached hydrogens (tertiary/aromatic N) is 3. The van der Waals surface area contributed by atoms with Gasteiger partial charge in [0.1, 0.15) is 22.3 Å². The fraction of sp³-hybridized carbons (Fsp3) is 0. The molecule has 0 aliphatic carbocycles. The molecule has 0 N–H and O–H groups in total. The lowest BCUT2D eigenvalue weighted by atomic mass is 9.97. The van der Waals surface area contributed by atoms with Crippen LogP contribution in [0.1, 0.15) is 5.56 Å². The van der Waals surface area contributed by atoms with Crippen molar-refractivity contribution in [2.75, 3.05) is 0 Å². The molecule has 0 spiro atoms. The minimum absolute atomic E-state index is 0.640. The summed E-state index contributed by atoms with van der Waals surface area (Å²) in [7, 11) is 0. The maximum Gasteiger partial charge on any atom is 0.147 e. The van der Waals surface area contributed by atoms with Crippen LogP contribution in [0, 0.1) is 11.3 Å². The van der Waals surface area contributed by atoms with E-state index in [4.69, 9.17) is 13.8 Å². The van der Waals surface area contributed by atoms with Crippen LogP contribution in [0.2, 0.25) is 0 Å². The molecule has 7 aromatic carbocycles. The van der Waals surface area contributed by atoms with Crippen LogP contribution in [0.15, 0.2) is 160 Å². The van der Waals surface area contributed by atoms with Crippen molar-refractivity contribution < 1.29 is 8.83 Å². The summed E-state index contributed by atoms with van der Waals surface area (Å²) in [6, 6.07) is 54.3. The first kappa shape index (κ1) is 27.8. The number of nitriles is 1. The number of hydrogen-bond donors (Lipinski definition) is 0. The Bertz CT molecular complexity index is 3270. The average molecular weight is 652 g/mol. The summed E-state index contributed by atoms with van der Waals surface area (Å²) >= 11 is 0. The second kappa shape index (κ2) is 10.4. The van der Waals surface area contributed by atoms with Gasteiger partial charge < -0.3 is 13.4 Å². The molecule has 11 rings (SSSR count). The second-order valence-corrected chi connectivity index (χ2v) is 13.1. The summed E-state index contributed by atoms with van der Waals surface area (Å²) < 4.78 is 15.1. The Morgan fingerprint density at radius 2 is 1.20 bits per heavy atom. The predicted molar refractivity (Wildman–Crippen MR) is 206 cm³/mol. The minimum Gasteiger partial charge on any atom is -0.456 e. The Morgan fingerprint density at radius 1 is 0.490 bits per heavy atom. The van der Waals surface area contributed by atoms with Gasteiger partial charge in [-0.1, -0.05) is 78.9 Å². The zero-order valence-corrected chi connectivity index (χ0v) is 27.1. The van der Waals surface area contributed by atoms with E-state index in [1.807, 2.05) is 60.7 Å². The highest BCUT2D eigenvalue weighted by atomic mass is 16.3. The third-order valence-corrected chi connectivity index (χ3v) is 10.2. The van der Waals surface area contributed by atoms with Crippen LogP contribution in [-0.4, -0.2) is 9.55 Å². The molecule has 11 aromatic rings. The van der Waals surface area contributed by atoms with Gasteiger partial charge in [-0.25, -0.2) is 4.98 Å². The van der Waals surface area contributed by atoms with Gasteiger partial charge in [-0.2, -0.15) is 5.26 Å². The van der Waals surface area contributed by atoms with Crippen molar-refractivity contribution in [3.05, 3.63) is 157 Å². The Morgan fingerprint density at radius 3 is 2.04 bits per heavy atom. The minimum atomic E-state index is 0.640. The summed E-state index contributed by atoms with van der Waals surface area (Å²) in [5, 5.41) is 16.9. The first-order chi connectivity index (χ1) is 25.2. The van der Waals surface area contributed by atoms with E-state index in [1.165, 1.54) is 0 Å². The van der Waals surface area contributed by atoms with Gasteiger partial charge in [0.2, 0.25) is 0 Å². The first-order valence-corrected chi connectivity index (χ1v) is 16.9. The lowest BCUT2D eigenvalue weighted by Crippen LogP contribution is -1.93. The Labute approximate surface area is 290 Å². The molecule has 0 saturated heterocycles. The third-order valence-electron chi connectivity index (χ3n) is 10.2. The van der Waals surface area contributed by atoms with E-state index in [9.17, 15) is 5.26 Å². The molecule has 0 bridgehead atoms. The maximum absolute atomic E-state index is 9.77. The smallest absolute Gasteiger partial charge is 0.147 e. The zero-order valence-electron chi connectivity index (χ0n) is 27.1. The lowest BCUT2D eigenvalue weighted by Gasteiger charge is -2.10. The van der Waals surface area contributed by atoms with E-state index in [-0.39, 0.29) is 0 Å². The molecule has 0 atom stereocenters. The molecule has 0 amide bonds. The molecular formula is C46H25N3O2. The number of furan rings is 2. The maximum atomic E-state index is 9.77. The standard InChI is InChI=1S/C46H25N3O2/c47-26-27-17-19-39-34(21-27)35-23-29(18-20-40(35)49(39)31-11-2-1-3-12-31)28-9-8-10-30(22-28)45-44-33-14-5-7-16-42(33)51-46(44)37-25-43-36(24-38(37)48-45)32-13-4-6-15-41(32)50-43/h1-25H. The van der Waals surface area contributed by atoms with E-state index < -0.39 is 0 Å². The highest BCUT2D eigenvalue weighted by Gasteiger charge is 2.20. The molecule has 0 aliphatic rings. The monoisotopic (exact) mass is 651 g/mol. The van der Waals surface area contributed by atoms with Gasteiger partial charge in [0, 0.05) is 43.6 Å². The molecule has 4 heterocycles. The summed E-state index contributed by atoms with van der Waals surface area (Å²) in [6.07, 6.45) is 0. The number of pyridine rings is 1. The van der Waals surface area contributed by atoms with Crippen molar-refractivity contribution in [3.8, 4) is 34.1 Å². The highest BCUT2D eigenvalue weighted by Crippen LogP contribution is 2.43. The lowest BCUT2D eigenvalue weighted by molar-refractivity contribution is 0.666. The van der Waals surface area contributed by atoms with Crippen molar-refractivity contribution in [1.29, 1.82) is 5.26 Å². The number of fused-ring (bicyclic) bond motifs is 11. The largest absolute Gasteiger partial charge is 0.456 e. The molecule has 0 aliphatic heterocycles. The van der Waals surface area contributed by atoms with Crippen LogP contribution >= 0.6 is 0 Å². The van der Waals surface area contributed by atoms with Gasteiger partial charge in [0.05, 0.1) is 39.3 Å². The topological polar surface area (TPSA) is 67.9 Å². The Hall–Kier alpha value is -7.16. The van der Waals surface area contributed by atoms with E-state index in [0.717, 1.165) is 105 Å². The molecule has 236 valence electrons. The van der Waals surface area contributed by atoms with Gasteiger partial charge in [0.15, 0.2) is 0 Å². The molecular weight excluding hydrogens is 627 g/mol. The number of para-hydroxylation sites is 3. The molecule has 5 heteroatoms. The van der Waals surface area contributed by atoms with Crippen molar-refractivity contribution in [2.24, 2.45) is 0 Å². The molecule has 0 fully saturated rings. The van der Waals surface area contributed by atoms with Crippen molar-refractivity contribution >= 4 is 76.6 Å². The van der Waals surface area contributed by atoms with Crippen LogP contribution in [0.3, 0.4) is 0 Å². The van der Waals surface area contributed by atoms with Gasteiger partial charge in [-0.15, -0.1) is 0 Å². The van der Waals surface area contributed by atoms with Crippen LogP contribution in [0.4, 0.5) is 0 Å². The van der Waals surface area contributed by atoms with E-state index in [1.54, 1.807) is 0 Å². The molecule has 0 unspecified atom stereocenters. The average Bonchev–Trinajstić information content (AvgIpc) is 3.86. The highest BCUT2D eigenvalue weighted by molar-refractivity contribution is 6.22. The Balaban J connectivity index is 1.15. The summed E-state index contributed by atoms with van der Waals surface area (Å²) in [5.74, 6) is 0. The molecule has 4 aromatic heterocycles. The summed E-state index contributed by atoms with van der Waals surface area (Å²) in [5.41, 5.74) is 12.0. The molecule has 0 radical (unpaired) electrons. The predicted octanol–water partition coefficient (Wildman–Crippen LogP) is 12.3. The summed E-state index contributed by atoms with van der Waals surface area (Å²) in [4.78, 5) is 5.38. The molecule has 5 nitrogen and oxygen atoms in total. The number of hydrogen-bond acceptors (Lipinski definition) is 4. The molecule has 0 saturated carbocycles. The fourth-order valence-corrected chi connectivity index (χ4v) is 7.86. The van der Waals surface area contributed by atoms with Crippen LogP contribution in [0.25, 0.3) is 105 Å². The normalized spacial score (nSPS) is 11.9. The zero-order chi connectivity index (χ0) is 33.6. The first-order valence-electron chi connectivity index (χ1n) is 16.9. The SMILES string of the molecule is N#Cc1ccc2c(c1)c1cc(-c3cccc(-c4nc5cc6c(cc5c5oc7ccccc7c45)oc4ccccc46)c3)ccc1n2-c1ccccc1. The van der Waals surface area contributed by atoms with Gasteiger partial charge in [-0.3, -0.25) is 0 Å². The fourth-order valence-electron chi connectivity index (χ4n) is 7.86. The number of benzene rings is 7. The van der Waals surface area contributed by atoms with Crippen LogP contribution < -0.4 is 0 Å². The molecule has 51 heavy (non-hydrogen) atoms. The van der Waals surface area contributed by atoms with Gasteiger partial charge in [0.25, 0.3) is 0 Å². The van der Waals surface area contributed by atoms with Crippen LogP contribution in [-0.2, 0) is 0 Å². The number of aromatic nitrogens is 2. The van der Waals surface area contributed by atoms with E-state index in [0.29, 0.717) is 5.56 Å². The van der Waals surface area contributed by atoms with Crippen LogP contribution in [0.5, 0.6) is 0 Å². The van der Waals surface area contributed by atoms with E-state index >= 15 is 0 Å². The Kier molecular flexibility index (Phi) is 5.67. The van der Waals surface area contributed by atoms with Crippen molar-refractivity contribution in [3.63, 3.8) is 0 Å². The summed E-state index contributed by atoms with van der Waals surface area (Å²) in [6.45, 7) is 0. The second-order valence-electron chi connectivity index (χ2n) is 13.1. The quantitative estimate of drug-likeness (QED) is 0.191. The van der Waals surface area contributed by atoms with Gasteiger partial charge >= 0.3 is 0 Å². The third kappa shape index (κ3) is 4.05. The number of rotatable bonds is 3. The van der Waals surface area contributed by atoms with Gasteiger partial charge in [-0.05, 0) is 83.9 Å². The van der Waals surface area contributed by atoms with E-state index in [2.05, 4.69) is 102 Å². The van der Waals surface area contributed by atoms with Crippen molar-refractivity contribution in [2.45, 2.75) is 0 Å². The van der Waals surface area contributed by atoms with Crippen molar-refractivity contribution in [1.82, 2.24) is 9.55 Å².